The molecule has 158 valence electrons. The number of hydrogen-bond acceptors (Lipinski definition) is 9. The molecule has 0 atom stereocenters. The maximum absolute atomic E-state index is 11.8. The molecular formula is C19H16N2Na2O7S2. The summed E-state index contributed by atoms with van der Waals surface area (Å²) in [7, 11) is -9.94. The number of phenols is 1. The second-order valence-corrected chi connectivity index (χ2v) is 9.50. The van der Waals surface area contributed by atoms with Crippen LogP contribution in [0.15, 0.2) is 68.6 Å². The number of rotatable bonds is 5. The predicted molar refractivity (Wildman–Crippen MR) is 106 cm³/mol. The second kappa shape index (κ2) is 11.0. The van der Waals surface area contributed by atoms with Crippen molar-refractivity contribution in [3.05, 3.63) is 54.1 Å². The molecule has 0 aliphatic heterocycles. The van der Waals surface area contributed by atoms with Crippen molar-refractivity contribution >= 4 is 42.4 Å². The van der Waals surface area contributed by atoms with E-state index in [4.69, 9.17) is 0 Å². The van der Waals surface area contributed by atoms with Gasteiger partial charge >= 0.3 is 59.1 Å². The third kappa shape index (κ3) is 6.38. The van der Waals surface area contributed by atoms with Crippen LogP contribution in [-0.4, -0.2) is 31.0 Å². The van der Waals surface area contributed by atoms with Crippen LogP contribution in [0, 0.1) is 0 Å². The van der Waals surface area contributed by atoms with Crippen LogP contribution in [-0.2, 0) is 20.2 Å². The molecule has 0 amide bonds. The molecule has 0 radical (unpaired) electrons. The van der Waals surface area contributed by atoms with Crippen LogP contribution in [0.25, 0.3) is 10.8 Å². The van der Waals surface area contributed by atoms with E-state index in [1.54, 1.807) is 18.2 Å². The molecule has 0 saturated carbocycles. The van der Waals surface area contributed by atoms with Crippen LogP contribution >= 0.6 is 0 Å². The van der Waals surface area contributed by atoms with E-state index in [9.17, 15) is 31.0 Å². The average molecular weight is 494 g/mol. The van der Waals surface area contributed by atoms with Gasteiger partial charge in [0.1, 0.15) is 25.9 Å². The zero-order valence-corrected chi connectivity index (χ0v) is 23.4. The zero-order chi connectivity index (χ0) is 22.3. The minimum absolute atomic E-state index is 0. The van der Waals surface area contributed by atoms with Gasteiger partial charge in [-0.1, -0.05) is 32.0 Å². The smallest absolute Gasteiger partial charge is 0.744 e. The molecule has 9 nitrogen and oxygen atoms in total. The van der Waals surface area contributed by atoms with Crippen LogP contribution in [0.1, 0.15) is 25.3 Å². The van der Waals surface area contributed by atoms with Crippen molar-refractivity contribution < 1.29 is 90.2 Å². The van der Waals surface area contributed by atoms with Gasteiger partial charge in [0.15, 0.2) is 5.75 Å². The van der Waals surface area contributed by atoms with Crippen LogP contribution in [0.5, 0.6) is 5.75 Å². The van der Waals surface area contributed by atoms with Crippen molar-refractivity contribution in [1.29, 1.82) is 0 Å². The summed E-state index contributed by atoms with van der Waals surface area (Å²) in [6, 6.07) is 10.8. The van der Waals surface area contributed by atoms with Crippen molar-refractivity contribution in [3.8, 4) is 5.75 Å². The fraction of sp³-hybridized carbons (Fsp3) is 0.158. The molecule has 0 bridgehead atoms. The van der Waals surface area contributed by atoms with E-state index in [-0.39, 0.29) is 75.8 Å². The Morgan fingerprint density at radius 3 is 2.06 bits per heavy atom. The number of azo groups is 1. The Kier molecular flexibility index (Phi) is 10.1. The van der Waals surface area contributed by atoms with Gasteiger partial charge in [0.2, 0.25) is 0 Å². The fourth-order valence-electron chi connectivity index (χ4n) is 2.94. The Bertz CT molecular complexity index is 1390. The van der Waals surface area contributed by atoms with E-state index in [0.717, 1.165) is 29.8 Å². The minimum Gasteiger partial charge on any atom is -0.744 e. The van der Waals surface area contributed by atoms with E-state index >= 15 is 0 Å². The van der Waals surface area contributed by atoms with Crippen LogP contribution in [0.4, 0.5) is 11.4 Å². The predicted octanol–water partition coefficient (Wildman–Crippen LogP) is -2.10. The standard InChI is InChI=1S/C19H18N2O7S2.2Na/c1-11(2)14-5-3-4-6-16(14)20-21-18-17(30(26,27)28)10-12-9-13(29(23,24)25)7-8-15(12)19(18)22;;/h3-11,22H,1-2H3,(H,23,24,25)(H,26,27,28);;/q;2*+1/p-2. The SMILES string of the molecule is CC(C)c1ccccc1N=Nc1c(S(=O)(=O)[O-])cc2cc(S(=O)(=O)[O-])ccc2c1O.[Na+].[Na+]. The van der Waals surface area contributed by atoms with E-state index in [2.05, 4.69) is 10.2 Å². The first-order valence-corrected chi connectivity index (χ1v) is 11.4. The van der Waals surface area contributed by atoms with Gasteiger partial charge in [0.25, 0.3) is 0 Å². The number of hydrogen-bond donors (Lipinski definition) is 1. The van der Waals surface area contributed by atoms with Crippen LogP contribution < -0.4 is 59.1 Å². The molecule has 0 spiro atoms. The van der Waals surface area contributed by atoms with Crippen LogP contribution in [0.3, 0.4) is 0 Å². The topological polar surface area (TPSA) is 159 Å². The summed E-state index contributed by atoms with van der Waals surface area (Å²) in [4.78, 5) is -1.53. The first-order chi connectivity index (χ1) is 13.9. The summed E-state index contributed by atoms with van der Waals surface area (Å²) in [6.45, 7) is 3.86. The second-order valence-electron chi connectivity index (χ2n) is 6.78. The first kappa shape index (κ1) is 29.2. The van der Waals surface area contributed by atoms with E-state index < -0.39 is 41.5 Å². The quantitative estimate of drug-likeness (QED) is 0.242. The summed E-state index contributed by atoms with van der Waals surface area (Å²) in [6.07, 6.45) is 0. The Morgan fingerprint density at radius 1 is 0.875 bits per heavy atom. The molecule has 0 unspecified atom stereocenters. The Hall–Kier alpha value is -0.860. The minimum atomic E-state index is -5.12. The van der Waals surface area contributed by atoms with E-state index in [1.165, 1.54) is 0 Å². The molecule has 3 aromatic carbocycles. The van der Waals surface area contributed by atoms with E-state index in [0.29, 0.717) is 5.69 Å². The van der Waals surface area contributed by atoms with Gasteiger partial charge in [-0.15, -0.1) is 5.11 Å². The van der Waals surface area contributed by atoms with Crippen molar-refractivity contribution in [3.63, 3.8) is 0 Å². The molecule has 13 heteroatoms. The summed E-state index contributed by atoms with van der Waals surface area (Å²) >= 11 is 0. The molecule has 32 heavy (non-hydrogen) atoms. The average Bonchev–Trinajstić information content (AvgIpc) is 2.65. The normalized spacial score (nSPS) is 12.0. The fourth-order valence-corrected chi connectivity index (χ4v) is 4.09. The molecule has 0 fully saturated rings. The van der Waals surface area contributed by atoms with Crippen molar-refractivity contribution in [2.75, 3.05) is 0 Å². The van der Waals surface area contributed by atoms with Crippen molar-refractivity contribution in [2.45, 2.75) is 29.6 Å². The summed E-state index contributed by atoms with van der Waals surface area (Å²) < 4.78 is 69.0. The van der Waals surface area contributed by atoms with Gasteiger partial charge in [-0.05, 0) is 47.2 Å². The molecule has 0 saturated heterocycles. The molecule has 0 heterocycles. The number of aromatic hydroxyl groups is 1. The third-order valence-corrected chi connectivity index (χ3v) is 6.08. The van der Waals surface area contributed by atoms with Gasteiger partial charge in [-0.2, -0.15) is 5.11 Å². The molecular weight excluding hydrogens is 478 g/mol. The monoisotopic (exact) mass is 494 g/mol. The van der Waals surface area contributed by atoms with Gasteiger partial charge in [-0.3, -0.25) is 0 Å². The molecule has 0 aliphatic rings. The largest absolute Gasteiger partial charge is 1.00 e. The van der Waals surface area contributed by atoms with Gasteiger partial charge < -0.3 is 14.2 Å². The van der Waals surface area contributed by atoms with Gasteiger partial charge in [0.05, 0.1) is 15.5 Å². The summed E-state index contributed by atoms with van der Waals surface area (Å²) in [5, 5.41) is 18.3. The maximum atomic E-state index is 11.8. The zero-order valence-electron chi connectivity index (χ0n) is 17.8. The summed E-state index contributed by atoms with van der Waals surface area (Å²) in [5.74, 6) is -0.594. The molecule has 3 rings (SSSR count). The Balaban J connectivity index is 0.00000256. The molecule has 0 aliphatic carbocycles. The molecule has 0 aromatic heterocycles. The molecule has 3 aromatic rings. The number of benzene rings is 3. The summed E-state index contributed by atoms with van der Waals surface area (Å²) in [5.41, 5.74) is 0.668. The third-order valence-electron chi connectivity index (χ3n) is 4.40. The van der Waals surface area contributed by atoms with Crippen molar-refractivity contribution in [2.24, 2.45) is 10.2 Å². The number of phenolic OH excluding ortho intramolecular Hbond substituents is 1. The maximum Gasteiger partial charge on any atom is 1.00 e. The van der Waals surface area contributed by atoms with Crippen LogP contribution in [0.2, 0.25) is 0 Å². The van der Waals surface area contributed by atoms with Gasteiger partial charge in [-0.25, -0.2) is 16.8 Å². The Labute approximate surface area is 230 Å². The Morgan fingerprint density at radius 2 is 1.50 bits per heavy atom. The number of nitrogens with zero attached hydrogens (tertiary/aromatic N) is 2. The van der Waals surface area contributed by atoms with Gasteiger partial charge in [0, 0.05) is 5.39 Å². The van der Waals surface area contributed by atoms with E-state index in [1.807, 2.05) is 19.9 Å². The molecule has 1 N–H and O–H groups in total. The van der Waals surface area contributed by atoms with Crippen molar-refractivity contribution in [1.82, 2.24) is 0 Å². The number of fused-ring (bicyclic) bond motifs is 1. The first-order valence-electron chi connectivity index (χ1n) is 8.62.